The number of hydrogen-bond donors (Lipinski definition) is 1. The lowest BCUT2D eigenvalue weighted by Crippen LogP contribution is -1.99. The van der Waals surface area contributed by atoms with E-state index in [0.717, 1.165) is 39.8 Å². The molecule has 0 aliphatic carbocycles. The second-order valence-electron chi connectivity index (χ2n) is 7.81. The number of pyridine rings is 2. The Morgan fingerprint density at radius 3 is 1.75 bits per heavy atom. The first-order valence-corrected chi connectivity index (χ1v) is 11.7. The van der Waals surface area contributed by atoms with Crippen molar-refractivity contribution in [1.82, 2.24) is 9.97 Å². The van der Waals surface area contributed by atoms with E-state index in [9.17, 15) is 9.90 Å². The number of carbonyl (C=O) groups excluding carboxylic acids is 1. The quantitative estimate of drug-likeness (QED) is 0.281. The number of carbonyl (C=O) groups is 1. The molecule has 0 radical (unpaired) electrons. The maximum Gasteiger partial charge on any atom is 0.221 e. The van der Waals surface area contributed by atoms with Gasteiger partial charge in [-0.15, -0.1) is 0 Å². The van der Waals surface area contributed by atoms with Crippen molar-refractivity contribution in [3.63, 3.8) is 0 Å². The third-order valence-corrected chi connectivity index (χ3v) is 5.93. The fourth-order valence-corrected chi connectivity index (χ4v) is 3.92. The molecule has 0 bridgehead atoms. The van der Waals surface area contributed by atoms with Crippen LogP contribution in [0, 0.1) is 13.8 Å². The first-order valence-electron chi connectivity index (χ1n) is 11.0. The minimum atomic E-state index is -0.0452. The molecule has 36 heavy (non-hydrogen) atoms. The van der Waals surface area contributed by atoms with Gasteiger partial charge in [0.2, 0.25) is 11.8 Å². The van der Waals surface area contributed by atoms with Crippen molar-refractivity contribution < 1.29 is 19.4 Å². The van der Waals surface area contributed by atoms with Gasteiger partial charge >= 0.3 is 0 Å². The van der Waals surface area contributed by atoms with Crippen molar-refractivity contribution >= 4 is 29.5 Å². The van der Waals surface area contributed by atoms with E-state index in [1.54, 1.807) is 33.3 Å². The Balaban J connectivity index is 0.000000201. The Morgan fingerprint density at radius 2 is 1.31 bits per heavy atom. The fourth-order valence-electron chi connectivity index (χ4n) is 3.54. The first kappa shape index (κ1) is 27.1. The molecular formula is C28H26Cl2N2O4. The molecule has 0 unspecified atom stereocenters. The lowest BCUT2D eigenvalue weighted by atomic mass is 10.0. The molecule has 0 amide bonds. The van der Waals surface area contributed by atoms with E-state index in [4.69, 9.17) is 32.7 Å². The second kappa shape index (κ2) is 12.5. The summed E-state index contributed by atoms with van der Waals surface area (Å²) < 4.78 is 10.5. The molecule has 2 aromatic carbocycles. The number of aryl methyl sites for hydroxylation is 2. The van der Waals surface area contributed by atoms with E-state index in [0.29, 0.717) is 33.1 Å². The molecule has 0 fully saturated rings. The van der Waals surface area contributed by atoms with Crippen molar-refractivity contribution in [2.45, 2.75) is 20.5 Å². The average Bonchev–Trinajstić information content (AvgIpc) is 2.88. The summed E-state index contributed by atoms with van der Waals surface area (Å²) in [5, 5.41) is 10.6. The van der Waals surface area contributed by atoms with Gasteiger partial charge in [0.1, 0.15) is 0 Å². The predicted molar refractivity (Wildman–Crippen MR) is 143 cm³/mol. The topological polar surface area (TPSA) is 81.5 Å². The molecule has 6 nitrogen and oxygen atoms in total. The predicted octanol–water partition coefficient (Wildman–Crippen LogP) is 6.74. The van der Waals surface area contributed by atoms with Crippen LogP contribution in [-0.2, 0) is 6.61 Å². The standard InChI is InChI=1S/C14H14ClNO2.C14H12ClNO2/c2*1-9-11(8-17)7-13(14(16-9)18-2)10-4-3-5-12(15)6-10/h3-7,17H,8H2,1-2H3;3-8H,1-2H3. The molecular weight excluding hydrogens is 499 g/mol. The number of aldehydes is 1. The number of ether oxygens (including phenoxy) is 2. The van der Waals surface area contributed by atoms with Crippen LogP contribution in [0.1, 0.15) is 27.3 Å². The molecule has 0 aliphatic rings. The van der Waals surface area contributed by atoms with Gasteiger partial charge in [-0.2, -0.15) is 0 Å². The maximum atomic E-state index is 11.0. The van der Waals surface area contributed by atoms with Gasteiger partial charge in [-0.25, -0.2) is 9.97 Å². The van der Waals surface area contributed by atoms with Crippen LogP contribution in [0.25, 0.3) is 22.3 Å². The van der Waals surface area contributed by atoms with E-state index in [2.05, 4.69) is 9.97 Å². The Kier molecular flexibility index (Phi) is 9.42. The smallest absolute Gasteiger partial charge is 0.221 e. The molecule has 0 spiro atoms. The van der Waals surface area contributed by atoms with Crippen molar-refractivity contribution in [1.29, 1.82) is 0 Å². The van der Waals surface area contributed by atoms with Gasteiger partial charge < -0.3 is 14.6 Å². The first-order chi connectivity index (χ1) is 17.3. The zero-order valence-electron chi connectivity index (χ0n) is 20.4. The number of benzene rings is 2. The molecule has 0 atom stereocenters. The summed E-state index contributed by atoms with van der Waals surface area (Å²) in [6.07, 6.45) is 0.788. The highest BCUT2D eigenvalue weighted by molar-refractivity contribution is 6.31. The molecule has 4 aromatic rings. The van der Waals surface area contributed by atoms with Gasteiger partial charge in [-0.05, 0) is 66.9 Å². The fraction of sp³-hybridized carbons (Fsp3) is 0.179. The number of rotatable bonds is 6. The van der Waals surface area contributed by atoms with Crippen molar-refractivity contribution in [3.8, 4) is 34.0 Å². The summed E-state index contributed by atoms with van der Waals surface area (Å²) >= 11 is 11.9. The largest absolute Gasteiger partial charge is 0.481 e. The van der Waals surface area contributed by atoms with E-state index >= 15 is 0 Å². The molecule has 2 heterocycles. The summed E-state index contributed by atoms with van der Waals surface area (Å²) in [6, 6.07) is 18.4. The molecule has 186 valence electrons. The minimum Gasteiger partial charge on any atom is -0.481 e. The monoisotopic (exact) mass is 524 g/mol. The summed E-state index contributed by atoms with van der Waals surface area (Å²) in [5.74, 6) is 1.02. The van der Waals surface area contributed by atoms with Crippen molar-refractivity contribution in [2.75, 3.05) is 14.2 Å². The van der Waals surface area contributed by atoms with E-state index in [1.165, 1.54) is 0 Å². The number of aliphatic hydroxyl groups excluding tert-OH is 1. The van der Waals surface area contributed by atoms with Crippen molar-refractivity contribution in [3.05, 3.63) is 93.2 Å². The molecule has 0 aliphatic heterocycles. The van der Waals surface area contributed by atoms with Crippen LogP contribution in [0.2, 0.25) is 10.0 Å². The average molecular weight is 525 g/mol. The lowest BCUT2D eigenvalue weighted by Gasteiger charge is -2.11. The van der Waals surface area contributed by atoms with Crippen LogP contribution in [0.5, 0.6) is 11.8 Å². The third-order valence-electron chi connectivity index (χ3n) is 5.46. The number of aliphatic hydroxyl groups is 1. The van der Waals surface area contributed by atoms with E-state index < -0.39 is 0 Å². The summed E-state index contributed by atoms with van der Waals surface area (Å²) in [7, 11) is 3.13. The zero-order valence-corrected chi connectivity index (χ0v) is 21.9. The summed E-state index contributed by atoms with van der Waals surface area (Å²) in [6.45, 7) is 3.57. The Bertz CT molecular complexity index is 1380. The molecule has 8 heteroatoms. The van der Waals surface area contributed by atoms with Gasteiger partial charge in [0.15, 0.2) is 6.29 Å². The third kappa shape index (κ3) is 6.40. The minimum absolute atomic E-state index is 0.0452. The highest BCUT2D eigenvalue weighted by atomic mass is 35.5. The maximum absolute atomic E-state index is 11.0. The number of halogens is 2. The van der Waals surface area contributed by atoms with Gasteiger partial charge in [0.25, 0.3) is 0 Å². The highest BCUT2D eigenvalue weighted by Crippen LogP contribution is 2.32. The Hall–Kier alpha value is -3.45. The zero-order chi connectivity index (χ0) is 26.2. The second-order valence-corrected chi connectivity index (χ2v) is 8.68. The molecule has 4 rings (SSSR count). The molecule has 0 saturated heterocycles. The molecule has 2 aromatic heterocycles. The van der Waals surface area contributed by atoms with Crippen molar-refractivity contribution in [2.24, 2.45) is 0 Å². The summed E-state index contributed by atoms with van der Waals surface area (Å²) in [5.41, 5.74) is 6.11. The van der Waals surface area contributed by atoms with Crippen LogP contribution in [-0.4, -0.2) is 35.6 Å². The normalized spacial score (nSPS) is 10.3. The van der Waals surface area contributed by atoms with Gasteiger partial charge in [0, 0.05) is 32.4 Å². The van der Waals surface area contributed by atoms with Gasteiger partial charge in [0.05, 0.1) is 26.5 Å². The lowest BCUT2D eigenvalue weighted by molar-refractivity contribution is 0.112. The van der Waals surface area contributed by atoms with E-state index in [-0.39, 0.29) is 6.61 Å². The van der Waals surface area contributed by atoms with Gasteiger partial charge in [-0.1, -0.05) is 47.5 Å². The number of methoxy groups -OCH3 is 2. The number of nitrogens with zero attached hydrogens (tertiary/aromatic N) is 2. The molecule has 0 saturated carbocycles. The Labute approximate surface area is 220 Å². The Morgan fingerprint density at radius 1 is 0.806 bits per heavy atom. The van der Waals surface area contributed by atoms with Crippen LogP contribution in [0.4, 0.5) is 0 Å². The highest BCUT2D eigenvalue weighted by Gasteiger charge is 2.13. The van der Waals surface area contributed by atoms with Crippen LogP contribution >= 0.6 is 23.2 Å². The SMILES string of the molecule is COc1nc(C)c(C=O)cc1-c1cccc(Cl)c1.COc1nc(C)c(CO)cc1-c1cccc(Cl)c1. The number of aromatic nitrogens is 2. The van der Waals surface area contributed by atoms with Crippen LogP contribution < -0.4 is 9.47 Å². The van der Waals surface area contributed by atoms with Crippen LogP contribution in [0.15, 0.2) is 60.7 Å². The van der Waals surface area contributed by atoms with E-state index in [1.807, 2.05) is 55.5 Å². The molecule has 1 N–H and O–H groups in total. The van der Waals surface area contributed by atoms with Crippen LogP contribution in [0.3, 0.4) is 0 Å². The number of hydrogen-bond acceptors (Lipinski definition) is 6. The van der Waals surface area contributed by atoms with Gasteiger partial charge in [-0.3, -0.25) is 4.79 Å². The summed E-state index contributed by atoms with van der Waals surface area (Å²) in [4.78, 5) is 19.6.